The SMILES string of the molecule is CCCCCCCCCCCC(S)(S)c1c(Cl)c(Cl)c(Cl)c(Cl)c1Cl. The Morgan fingerprint density at radius 2 is 0.960 bits per heavy atom. The summed E-state index contributed by atoms with van der Waals surface area (Å²) in [5.41, 5.74) is 0.529. The van der Waals surface area contributed by atoms with Gasteiger partial charge >= 0.3 is 0 Å². The zero-order chi connectivity index (χ0) is 19.0. The lowest BCUT2D eigenvalue weighted by molar-refractivity contribution is 0.551. The third kappa shape index (κ3) is 7.37. The molecule has 0 N–H and O–H groups in total. The minimum Gasteiger partial charge on any atom is -0.157 e. The highest BCUT2D eigenvalue weighted by atomic mass is 35.5. The third-order valence-electron chi connectivity index (χ3n) is 4.24. The topological polar surface area (TPSA) is 0 Å². The molecule has 1 aromatic rings. The molecular formula is C18H25Cl5S2. The van der Waals surface area contributed by atoms with E-state index in [0.29, 0.717) is 12.0 Å². The number of rotatable bonds is 11. The molecular weight excluding hydrogens is 458 g/mol. The van der Waals surface area contributed by atoms with Gasteiger partial charge < -0.3 is 0 Å². The Labute approximate surface area is 188 Å². The summed E-state index contributed by atoms with van der Waals surface area (Å²) in [6.07, 6.45) is 11.9. The lowest BCUT2D eigenvalue weighted by Crippen LogP contribution is -2.13. The average Bonchev–Trinajstić information content (AvgIpc) is 2.56. The van der Waals surface area contributed by atoms with Gasteiger partial charge in [-0.05, 0) is 6.42 Å². The molecule has 0 aliphatic rings. The van der Waals surface area contributed by atoms with Gasteiger partial charge in [-0.15, -0.1) is 0 Å². The zero-order valence-electron chi connectivity index (χ0n) is 14.4. The molecule has 0 unspecified atom stereocenters. The van der Waals surface area contributed by atoms with Crippen LogP contribution in [0, 0.1) is 0 Å². The predicted molar refractivity (Wildman–Crippen MR) is 123 cm³/mol. The standard InChI is InChI=1S/C18H25Cl5S2/c1-2-3-4-5-6-7-8-9-10-11-18(24,25)12-13(19)15(21)17(23)16(22)14(12)20/h24-25H,2-11H2,1H3. The Balaban J connectivity index is 2.54. The highest BCUT2D eigenvalue weighted by molar-refractivity contribution is 7.99. The Morgan fingerprint density at radius 1 is 0.600 bits per heavy atom. The second-order valence-corrected chi connectivity index (χ2v) is 10.1. The molecule has 0 saturated heterocycles. The summed E-state index contributed by atoms with van der Waals surface area (Å²) in [4.78, 5) is 0. The first kappa shape index (κ1) is 24.4. The van der Waals surface area contributed by atoms with Crippen molar-refractivity contribution in [3.8, 4) is 0 Å². The first-order valence-electron chi connectivity index (χ1n) is 8.70. The van der Waals surface area contributed by atoms with Crippen LogP contribution in [0.5, 0.6) is 0 Å². The minimum atomic E-state index is -0.812. The molecule has 0 bridgehead atoms. The second-order valence-electron chi connectivity index (χ2n) is 6.34. The summed E-state index contributed by atoms with van der Waals surface area (Å²) in [5.74, 6) is 0. The molecule has 0 nitrogen and oxygen atoms in total. The molecule has 0 saturated carbocycles. The first-order chi connectivity index (χ1) is 11.7. The second kappa shape index (κ2) is 12.0. The van der Waals surface area contributed by atoms with Crippen LogP contribution in [0.2, 0.25) is 25.1 Å². The fraction of sp³-hybridized carbons (Fsp3) is 0.667. The molecule has 144 valence electrons. The molecule has 0 fully saturated rings. The number of halogens is 5. The van der Waals surface area contributed by atoms with Crippen molar-refractivity contribution in [3.63, 3.8) is 0 Å². The fourth-order valence-corrected chi connectivity index (χ4v) is 5.25. The molecule has 1 aromatic carbocycles. The molecule has 0 radical (unpaired) electrons. The van der Waals surface area contributed by atoms with Crippen LogP contribution in [0.1, 0.15) is 76.7 Å². The lowest BCUT2D eigenvalue weighted by Gasteiger charge is -2.27. The number of unbranched alkanes of at least 4 members (excludes halogenated alkanes) is 8. The maximum absolute atomic E-state index is 6.33. The number of hydrogen-bond acceptors (Lipinski definition) is 2. The van der Waals surface area contributed by atoms with Crippen LogP contribution in [-0.2, 0) is 4.08 Å². The summed E-state index contributed by atoms with van der Waals surface area (Å²) < 4.78 is -0.812. The van der Waals surface area contributed by atoms with Crippen LogP contribution in [-0.4, -0.2) is 0 Å². The van der Waals surface area contributed by atoms with Crippen molar-refractivity contribution >= 4 is 83.3 Å². The summed E-state index contributed by atoms with van der Waals surface area (Å²) in [5, 5.41) is 1.06. The Bertz CT molecular complexity index is 532. The number of thiol groups is 2. The first-order valence-corrected chi connectivity index (χ1v) is 11.5. The van der Waals surface area contributed by atoms with Crippen LogP contribution < -0.4 is 0 Å². The maximum atomic E-state index is 6.33. The normalized spacial score (nSPS) is 12.0. The Morgan fingerprint density at radius 3 is 1.40 bits per heavy atom. The van der Waals surface area contributed by atoms with Crippen LogP contribution in [0.25, 0.3) is 0 Å². The number of benzene rings is 1. The van der Waals surface area contributed by atoms with Crippen molar-refractivity contribution in [3.05, 3.63) is 30.7 Å². The molecule has 7 heteroatoms. The van der Waals surface area contributed by atoms with Crippen LogP contribution >= 0.6 is 83.3 Å². The Kier molecular flexibility index (Phi) is 11.8. The van der Waals surface area contributed by atoms with Gasteiger partial charge in [0.2, 0.25) is 0 Å². The van der Waals surface area contributed by atoms with E-state index in [4.69, 9.17) is 58.0 Å². The Hall–Kier alpha value is 1.37. The summed E-state index contributed by atoms with van der Waals surface area (Å²) in [6.45, 7) is 2.24. The molecule has 0 amide bonds. The van der Waals surface area contributed by atoms with E-state index < -0.39 is 4.08 Å². The number of hydrogen-bond donors (Lipinski definition) is 2. The maximum Gasteiger partial charge on any atom is 0.0832 e. The van der Waals surface area contributed by atoms with Gasteiger partial charge in [0.1, 0.15) is 0 Å². The van der Waals surface area contributed by atoms with Gasteiger partial charge in [0, 0.05) is 5.56 Å². The lowest BCUT2D eigenvalue weighted by atomic mass is 10.0. The van der Waals surface area contributed by atoms with E-state index in [-0.39, 0.29) is 25.1 Å². The van der Waals surface area contributed by atoms with Gasteiger partial charge in [-0.2, -0.15) is 25.3 Å². The smallest absolute Gasteiger partial charge is 0.0832 e. The van der Waals surface area contributed by atoms with E-state index >= 15 is 0 Å². The van der Waals surface area contributed by atoms with Crippen LogP contribution in [0.15, 0.2) is 0 Å². The highest BCUT2D eigenvalue weighted by Gasteiger charge is 2.32. The molecule has 0 heterocycles. The average molecular weight is 483 g/mol. The van der Waals surface area contributed by atoms with Gasteiger partial charge in [-0.25, -0.2) is 0 Å². The fourth-order valence-electron chi connectivity index (χ4n) is 2.76. The van der Waals surface area contributed by atoms with E-state index in [2.05, 4.69) is 32.2 Å². The summed E-state index contributed by atoms with van der Waals surface area (Å²) >= 11 is 40.3. The van der Waals surface area contributed by atoms with Crippen molar-refractivity contribution in [2.24, 2.45) is 0 Å². The quantitative estimate of drug-likeness (QED) is 0.101. The van der Waals surface area contributed by atoms with Crippen molar-refractivity contribution in [1.29, 1.82) is 0 Å². The van der Waals surface area contributed by atoms with E-state index in [1.165, 1.54) is 44.9 Å². The van der Waals surface area contributed by atoms with Crippen molar-refractivity contribution in [2.45, 2.75) is 75.2 Å². The molecule has 1 rings (SSSR count). The summed E-state index contributed by atoms with van der Waals surface area (Å²) in [6, 6.07) is 0. The minimum absolute atomic E-state index is 0.155. The largest absolute Gasteiger partial charge is 0.157 e. The van der Waals surface area contributed by atoms with Crippen LogP contribution in [0.4, 0.5) is 0 Å². The van der Waals surface area contributed by atoms with Crippen LogP contribution in [0.3, 0.4) is 0 Å². The molecule has 0 aromatic heterocycles. The van der Waals surface area contributed by atoms with Crippen molar-refractivity contribution in [1.82, 2.24) is 0 Å². The molecule has 0 spiro atoms. The molecule has 0 aliphatic carbocycles. The van der Waals surface area contributed by atoms with Crippen molar-refractivity contribution < 1.29 is 0 Å². The van der Waals surface area contributed by atoms with E-state index in [1.807, 2.05) is 0 Å². The van der Waals surface area contributed by atoms with Gasteiger partial charge in [0.05, 0.1) is 29.2 Å². The van der Waals surface area contributed by atoms with Crippen molar-refractivity contribution in [2.75, 3.05) is 0 Å². The molecule has 0 aliphatic heterocycles. The van der Waals surface area contributed by atoms with Gasteiger partial charge in [0.25, 0.3) is 0 Å². The van der Waals surface area contributed by atoms with E-state index in [9.17, 15) is 0 Å². The molecule has 25 heavy (non-hydrogen) atoms. The highest BCUT2D eigenvalue weighted by Crippen LogP contribution is 2.52. The monoisotopic (exact) mass is 480 g/mol. The predicted octanol–water partition coefficient (Wildman–Crippen LogP) is 9.89. The zero-order valence-corrected chi connectivity index (χ0v) is 19.9. The van der Waals surface area contributed by atoms with E-state index in [0.717, 1.165) is 12.8 Å². The van der Waals surface area contributed by atoms with E-state index in [1.54, 1.807) is 0 Å². The third-order valence-corrected chi connectivity index (χ3v) is 7.41. The summed E-state index contributed by atoms with van der Waals surface area (Å²) in [7, 11) is 0. The van der Waals surface area contributed by atoms with Gasteiger partial charge in [-0.3, -0.25) is 0 Å². The molecule has 0 atom stereocenters. The van der Waals surface area contributed by atoms with Gasteiger partial charge in [-0.1, -0.05) is 123 Å². The van der Waals surface area contributed by atoms with Gasteiger partial charge in [0.15, 0.2) is 0 Å².